The summed E-state index contributed by atoms with van der Waals surface area (Å²) in [4.78, 5) is 83.2. The first-order valence-electron chi connectivity index (χ1n) is 23.6. The molecule has 0 saturated carbocycles. The Bertz CT molecular complexity index is 2730. The molecule has 7 atom stereocenters. The van der Waals surface area contributed by atoms with E-state index in [9.17, 15) is 54.5 Å². The average Bonchev–Trinajstić information content (AvgIpc) is 3.83. The second kappa shape index (κ2) is 24.4. The number of hydrogen-bond donors (Lipinski definition) is 5. The molecule has 2 amide bonds. The van der Waals surface area contributed by atoms with Crippen LogP contribution in [0.5, 0.6) is 28.7 Å². The number of carbonyl (C=O) groups excluding carboxylic acids is 5. The number of ether oxygens (including phenoxy) is 10. The van der Waals surface area contributed by atoms with Gasteiger partial charge in [0.15, 0.2) is 36.0 Å². The number of phenolic OH excluding ortho intramolecular Hbond substituents is 2. The van der Waals surface area contributed by atoms with Gasteiger partial charge in [-0.05, 0) is 31.5 Å². The highest BCUT2D eigenvalue weighted by Gasteiger charge is 2.52. The molecule has 404 valence electrons. The minimum absolute atomic E-state index is 0.0178. The summed E-state index contributed by atoms with van der Waals surface area (Å²) in [5.74, 6) is -5.04. The molecule has 7 unspecified atom stereocenters. The van der Waals surface area contributed by atoms with Crippen LogP contribution in [0.25, 0.3) is 10.4 Å². The summed E-state index contributed by atoms with van der Waals surface area (Å²) < 4.78 is 56.6. The fraction of sp³-hybridized carbons (Fsp3) is 0.521. The van der Waals surface area contributed by atoms with Gasteiger partial charge in [0.25, 0.3) is 11.6 Å². The largest absolute Gasteiger partial charge is 0.507 e. The van der Waals surface area contributed by atoms with E-state index < -0.39 is 131 Å². The first-order chi connectivity index (χ1) is 36.0. The number of aromatic hydroxyl groups is 2. The molecule has 2 saturated heterocycles. The van der Waals surface area contributed by atoms with Crippen molar-refractivity contribution in [2.45, 2.75) is 75.5 Å². The van der Waals surface area contributed by atoms with Crippen molar-refractivity contribution in [2.75, 3.05) is 86.9 Å². The molecule has 2 heterocycles. The highest BCUT2D eigenvalue weighted by molar-refractivity contribution is 6.31. The zero-order valence-electron chi connectivity index (χ0n) is 41.2. The lowest BCUT2D eigenvalue weighted by atomic mass is 9.72. The van der Waals surface area contributed by atoms with Gasteiger partial charge in [-0.25, -0.2) is 4.79 Å². The average molecular weight is 1050 g/mol. The van der Waals surface area contributed by atoms with E-state index in [2.05, 4.69) is 15.3 Å². The van der Waals surface area contributed by atoms with Crippen LogP contribution in [-0.2, 0) is 49.2 Å². The normalized spacial score (nSPS) is 21.9. The molecule has 0 spiro atoms. The van der Waals surface area contributed by atoms with Crippen molar-refractivity contribution in [3.05, 3.63) is 89.8 Å². The maximum atomic E-state index is 14.1. The number of ketones is 3. The molecular formula is C48H56N6O21. The van der Waals surface area contributed by atoms with Crippen LogP contribution in [0.15, 0.2) is 35.4 Å². The molecule has 4 aliphatic rings. The van der Waals surface area contributed by atoms with Crippen LogP contribution in [-0.4, -0.2) is 177 Å². The fourth-order valence-corrected chi connectivity index (χ4v) is 9.44. The molecule has 3 aromatic carbocycles. The molecule has 0 radical (unpaired) electrons. The number of aliphatic hydroxyl groups is 2. The standard InChI is InChI=1S/C48H56N6O21/c1-24(27-16-32(67-4)33(17-29(27)54(64)65)71-22-36(57)50-8-10-68-12-14-70-15-13-69-11-9-51-52-49)74-47(62)53-23-72-46-25(2)73-37(18-30(46)53)75-34-20-48(63,35(56)21-55)19-28-39(34)45(61)41-40(43(28)59)42(58)26-6-5-7-31(66-3)38(26)44(41)60/h5-7,16-17,24-25,30,34,37,46,55,59,61,63H,8-15,18-23H2,1-4H3,(H,50,57). The minimum Gasteiger partial charge on any atom is -0.507 e. The highest BCUT2D eigenvalue weighted by atomic mass is 16.7. The number of phenols is 2. The maximum absolute atomic E-state index is 14.1. The lowest BCUT2D eigenvalue weighted by molar-refractivity contribution is -0.386. The van der Waals surface area contributed by atoms with Crippen LogP contribution in [0.4, 0.5) is 10.5 Å². The van der Waals surface area contributed by atoms with E-state index >= 15 is 0 Å². The fourth-order valence-electron chi connectivity index (χ4n) is 9.44. The number of methoxy groups -OCH3 is 2. The number of rotatable bonds is 24. The molecule has 7 rings (SSSR count). The Morgan fingerprint density at radius 1 is 0.987 bits per heavy atom. The van der Waals surface area contributed by atoms with Gasteiger partial charge >= 0.3 is 6.09 Å². The maximum Gasteiger partial charge on any atom is 0.412 e. The van der Waals surface area contributed by atoms with E-state index in [0.717, 1.165) is 6.07 Å². The van der Waals surface area contributed by atoms with Crippen LogP contribution in [0.3, 0.4) is 0 Å². The zero-order valence-corrected chi connectivity index (χ0v) is 41.2. The van der Waals surface area contributed by atoms with Gasteiger partial charge in [0.1, 0.15) is 48.4 Å². The Kier molecular flexibility index (Phi) is 18.1. The number of nitro benzene ring substituents is 1. The Morgan fingerprint density at radius 2 is 1.68 bits per heavy atom. The third-order valence-corrected chi connectivity index (χ3v) is 13.0. The van der Waals surface area contributed by atoms with E-state index in [-0.39, 0.29) is 97.7 Å². The summed E-state index contributed by atoms with van der Waals surface area (Å²) >= 11 is 0. The van der Waals surface area contributed by atoms with Crippen molar-refractivity contribution in [3.8, 4) is 28.7 Å². The second-order valence-corrected chi connectivity index (χ2v) is 17.6. The van der Waals surface area contributed by atoms with Gasteiger partial charge in [-0.15, -0.1) is 0 Å². The molecule has 0 bridgehead atoms. The van der Waals surface area contributed by atoms with E-state index in [1.165, 1.54) is 50.3 Å². The van der Waals surface area contributed by atoms with Crippen LogP contribution in [0, 0.1) is 10.1 Å². The molecule has 27 nitrogen and oxygen atoms in total. The Labute approximate surface area is 427 Å². The van der Waals surface area contributed by atoms with E-state index in [1.807, 2.05) is 0 Å². The number of nitro groups is 1. The van der Waals surface area contributed by atoms with Crippen molar-refractivity contribution >= 4 is 35.0 Å². The number of nitrogens with zero attached hydrogens (tertiary/aromatic N) is 5. The number of aliphatic hydroxyl groups excluding tert-OH is 1. The van der Waals surface area contributed by atoms with E-state index in [1.54, 1.807) is 6.92 Å². The number of hydrogen-bond acceptors (Lipinski definition) is 22. The molecule has 2 aliphatic carbocycles. The molecule has 2 aliphatic heterocycles. The minimum atomic E-state index is -2.41. The quantitative estimate of drug-likeness (QED) is 0.0128. The third kappa shape index (κ3) is 11.9. The second-order valence-electron chi connectivity index (χ2n) is 17.6. The van der Waals surface area contributed by atoms with E-state index in [4.69, 9.17) is 52.9 Å². The lowest BCUT2D eigenvalue weighted by Gasteiger charge is -2.42. The monoisotopic (exact) mass is 1050 g/mol. The van der Waals surface area contributed by atoms with Crippen molar-refractivity contribution < 1.29 is 96.7 Å². The number of Topliss-reactive ketones (excluding diaryl/α,β-unsaturated/α-hetero) is 1. The summed E-state index contributed by atoms with van der Waals surface area (Å²) in [6.45, 7) is 2.96. The van der Waals surface area contributed by atoms with Crippen LogP contribution in [0.1, 0.15) is 87.4 Å². The van der Waals surface area contributed by atoms with Gasteiger partial charge in [0.2, 0.25) is 5.78 Å². The summed E-state index contributed by atoms with van der Waals surface area (Å²) in [6, 6.07) is 5.68. The van der Waals surface area contributed by atoms with Crippen LogP contribution in [0.2, 0.25) is 0 Å². The van der Waals surface area contributed by atoms with Crippen molar-refractivity contribution in [2.24, 2.45) is 5.11 Å². The molecule has 5 N–H and O–H groups in total. The molecule has 0 aromatic heterocycles. The highest BCUT2D eigenvalue weighted by Crippen LogP contribution is 2.53. The smallest absolute Gasteiger partial charge is 0.412 e. The Morgan fingerprint density at radius 3 is 2.36 bits per heavy atom. The Hall–Kier alpha value is -7.20. The number of amides is 2. The van der Waals surface area contributed by atoms with Gasteiger partial charge in [-0.1, -0.05) is 17.2 Å². The number of fused-ring (bicyclic) bond motifs is 4. The SMILES string of the molecule is COc1cc(C(C)OC(=O)N2COC3C(C)OC(OC4CC(O)(C(=O)CO)Cc5c(O)c6c(c(O)c54)C(=O)c4c(OC)cccc4C6=O)CC32)c([N+](=O)[O-])cc1OCC(=O)NCCOCCOCCOCCN=[N+]=[N-]. The summed E-state index contributed by atoms with van der Waals surface area (Å²) in [7, 11) is 2.56. The number of carbonyl (C=O) groups is 5. The van der Waals surface area contributed by atoms with E-state index in [0.29, 0.717) is 13.2 Å². The topological polar surface area (TPSA) is 366 Å². The molecular weight excluding hydrogens is 997 g/mol. The molecule has 75 heavy (non-hydrogen) atoms. The van der Waals surface area contributed by atoms with Gasteiger partial charge in [0, 0.05) is 54.0 Å². The van der Waals surface area contributed by atoms with Crippen molar-refractivity contribution in [3.63, 3.8) is 0 Å². The van der Waals surface area contributed by atoms with Crippen LogP contribution >= 0.6 is 0 Å². The Balaban J connectivity index is 1.01. The first-order valence-corrected chi connectivity index (χ1v) is 23.6. The van der Waals surface area contributed by atoms with Gasteiger partial charge < -0.3 is 73.1 Å². The summed E-state index contributed by atoms with van der Waals surface area (Å²) in [5, 5.41) is 63.6. The summed E-state index contributed by atoms with van der Waals surface area (Å²) in [5.41, 5.74) is 3.27. The van der Waals surface area contributed by atoms with Crippen molar-refractivity contribution in [1.29, 1.82) is 0 Å². The predicted octanol–water partition coefficient (Wildman–Crippen LogP) is 3.01. The number of nitrogens with one attached hydrogen (secondary N) is 1. The predicted molar refractivity (Wildman–Crippen MR) is 253 cm³/mol. The number of azide groups is 1. The van der Waals surface area contributed by atoms with Gasteiger partial charge in [-0.2, -0.15) is 0 Å². The lowest BCUT2D eigenvalue weighted by Crippen LogP contribution is -2.52. The molecule has 27 heteroatoms. The first kappa shape index (κ1) is 55.5. The van der Waals surface area contributed by atoms with Crippen LogP contribution < -0.4 is 19.5 Å². The number of benzene rings is 3. The zero-order chi connectivity index (χ0) is 54.1. The van der Waals surface area contributed by atoms with Gasteiger partial charge in [-0.3, -0.25) is 34.2 Å². The summed E-state index contributed by atoms with van der Waals surface area (Å²) in [6.07, 6.45) is -8.14. The van der Waals surface area contributed by atoms with Crippen molar-refractivity contribution in [1.82, 2.24) is 10.2 Å². The molecule has 3 aromatic rings. The third-order valence-electron chi connectivity index (χ3n) is 13.0. The molecule has 2 fully saturated rings. The van der Waals surface area contributed by atoms with Gasteiger partial charge in [0.05, 0.1) is 105 Å².